The maximum absolute atomic E-state index is 12.2. The Balaban J connectivity index is 1.88. The quantitative estimate of drug-likeness (QED) is 0.614. The fraction of sp³-hybridized carbons (Fsp3) is 0.238. The summed E-state index contributed by atoms with van der Waals surface area (Å²) in [5.41, 5.74) is 7.23. The van der Waals surface area contributed by atoms with Crippen LogP contribution in [0.2, 0.25) is 0 Å². The van der Waals surface area contributed by atoms with Crippen LogP contribution in [0, 0.1) is 6.92 Å². The molecule has 0 radical (unpaired) electrons. The van der Waals surface area contributed by atoms with E-state index in [0.29, 0.717) is 16.8 Å². The molecule has 152 valence electrons. The molecule has 3 amide bonds. The number of carbonyl (C=O) groups is 4. The monoisotopic (exact) mass is 397 g/mol. The van der Waals surface area contributed by atoms with Crippen molar-refractivity contribution in [1.29, 1.82) is 0 Å². The van der Waals surface area contributed by atoms with E-state index in [0.717, 1.165) is 5.56 Å². The Bertz CT molecular complexity index is 924. The van der Waals surface area contributed by atoms with Crippen molar-refractivity contribution in [3.63, 3.8) is 0 Å². The van der Waals surface area contributed by atoms with Crippen molar-refractivity contribution < 1.29 is 23.9 Å². The molecule has 0 spiro atoms. The second kappa shape index (κ2) is 9.50. The number of hydrogen-bond donors (Lipinski definition) is 3. The standard InChI is InChI=1S/C21H23N3O5/c1-12-5-4-6-16(11-12)20(27)23-13(2)21(28)29-14(3)19(26)24-17-9-7-15(8-10-17)18(22)25/h4-11,13-14H,1-3H3,(H2,22,25)(H,23,27)(H,24,26)/t13-,14+/m1/s1. The van der Waals surface area contributed by atoms with Crippen molar-refractivity contribution in [1.82, 2.24) is 5.32 Å². The number of nitrogens with two attached hydrogens (primary N) is 1. The van der Waals surface area contributed by atoms with Crippen LogP contribution in [0.3, 0.4) is 0 Å². The van der Waals surface area contributed by atoms with Crippen LogP contribution in [-0.4, -0.2) is 35.8 Å². The number of anilines is 1. The maximum atomic E-state index is 12.2. The van der Waals surface area contributed by atoms with Gasteiger partial charge in [-0.25, -0.2) is 4.79 Å². The fourth-order valence-electron chi connectivity index (χ4n) is 2.42. The van der Waals surface area contributed by atoms with E-state index in [9.17, 15) is 19.2 Å². The van der Waals surface area contributed by atoms with Gasteiger partial charge in [0.1, 0.15) is 6.04 Å². The summed E-state index contributed by atoms with van der Waals surface area (Å²) in [7, 11) is 0. The summed E-state index contributed by atoms with van der Waals surface area (Å²) in [6.45, 7) is 4.75. The number of rotatable bonds is 7. The minimum atomic E-state index is -1.09. The summed E-state index contributed by atoms with van der Waals surface area (Å²) in [6, 6.07) is 12.0. The number of hydrogen-bond acceptors (Lipinski definition) is 5. The fourth-order valence-corrected chi connectivity index (χ4v) is 2.42. The van der Waals surface area contributed by atoms with Crippen LogP contribution in [-0.2, 0) is 14.3 Å². The average Bonchev–Trinajstić information content (AvgIpc) is 2.68. The minimum Gasteiger partial charge on any atom is -0.451 e. The highest BCUT2D eigenvalue weighted by atomic mass is 16.5. The predicted octanol–water partition coefficient (Wildman–Crippen LogP) is 1.78. The highest BCUT2D eigenvalue weighted by Gasteiger charge is 2.23. The lowest BCUT2D eigenvalue weighted by molar-refractivity contribution is -0.154. The van der Waals surface area contributed by atoms with Gasteiger partial charge < -0.3 is 21.1 Å². The SMILES string of the molecule is Cc1cccc(C(=O)N[C@H](C)C(=O)O[C@@H](C)C(=O)Nc2ccc(C(N)=O)cc2)c1. The molecule has 0 aliphatic carbocycles. The van der Waals surface area contributed by atoms with E-state index < -0.39 is 35.8 Å². The molecule has 0 unspecified atom stereocenters. The van der Waals surface area contributed by atoms with Crippen molar-refractivity contribution in [3.05, 3.63) is 65.2 Å². The first-order valence-electron chi connectivity index (χ1n) is 8.96. The minimum absolute atomic E-state index is 0.306. The van der Waals surface area contributed by atoms with Crippen LogP contribution >= 0.6 is 0 Å². The molecule has 2 aromatic rings. The first-order chi connectivity index (χ1) is 13.7. The highest BCUT2D eigenvalue weighted by Crippen LogP contribution is 2.11. The summed E-state index contributed by atoms with van der Waals surface area (Å²) in [4.78, 5) is 47.7. The van der Waals surface area contributed by atoms with Crippen LogP contribution in [0.1, 0.15) is 40.1 Å². The van der Waals surface area contributed by atoms with Gasteiger partial charge in [-0.05, 0) is 57.2 Å². The van der Waals surface area contributed by atoms with Crippen LogP contribution < -0.4 is 16.4 Å². The predicted molar refractivity (Wildman–Crippen MR) is 107 cm³/mol. The molecular weight excluding hydrogens is 374 g/mol. The Labute approximate surface area is 168 Å². The Morgan fingerprint density at radius 1 is 0.966 bits per heavy atom. The number of amides is 3. The smallest absolute Gasteiger partial charge is 0.329 e. The van der Waals surface area contributed by atoms with E-state index in [2.05, 4.69) is 10.6 Å². The molecule has 2 atom stereocenters. The molecule has 8 heteroatoms. The second-order valence-electron chi connectivity index (χ2n) is 6.57. The van der Waals surface area contributed by atoms with E-state index in [4.69, 9.17) is 10.5 Å². The number of primary amides is 1. The summed E-state index contributed by atoms with van der Waals surface area (Å²) in [6.07, 6.45) is -1.09. The zero-order chi connectivity index (χ0) is 21.6. The van der Waals surface area contributed by atoms with Gasteiger partial charge in [-0.15, -0.1) is 0 Å². The molecule has 0 heterocycles. The lowest BCUT2D eigenvalue weighted by Crippen LogP contribution is -2.42. The van der Waals surface area contributed by atoms with Crippen molar-refractivity contribution >= 4 is 29.4 Å². The van der Waals surface area contributed by atoms with Crippen LogP contribution in [0.15, 0.2) is 48.5 Å². The Morgan fingerprint density at radius 3 is 2.21 bits per heavy atom. The van der Waals surface area contributed by atoms with Gasteiger partial charge in [-0.2, -0.15) is 0 Å². The third-order valence-electron chi connectivity index (χ3n) is 4.08. The number of ether oxygens (including phenoxy) is 1. The first-order valence-corrected chi connectivity index (χ1v) is 8.96. The van der Waals surface area contributed by atoms with Crippen LogP contribution in [0.25, 0.3) is 0 Å². The van der Waals surface area contributed by atoms with E-state index >= 15 is 0 Å². The summed E-state index contributed by atoms with van der Waals surface area (Å²) in [5, 5.41) is 5.11. The third-order valence-corrected chi connectivity index (χ3v) is 4.08. The summed E-state index contributed by atoms with van der Waals surface area (Å²) >= 11 is 0. The molecule has 0 fully saturated rings. The molecule has 2 aromatic carbocycles. The van der Waals surface area contributed by atoms with E-state index in [1.807, 2.05) is 13.0 Å². The van der Waals surface area contributed by atoms with Gasteiger partial charge >= 0.3 is 5.97 Å². The third kappa shape index (κ3) is 6.17. The molecule has 2 rings (SSSR count). The Hall–Kier alpha value is -3.68. The van der Waals surface area contributed by atoms with Gasteiger partial charge in [0.2, 0.25) is 5.91 Å². The molecule has 4 N–H and O–H groups in total. The molecule has 0 saturated carbocycles. The van der Waals surface area contributed by atoms with Gasteiger partial charge in [0.15, 0.2) is 6.10 Å². The molecule has 0 bridgehead atoms. The van der Waals surface area contributed by atoms with Crippen molar-refractivity contribution in [3.8, 4) is 0 Å². The van der Waals surface area contributed by atoms with Gasteiger partial charge in [-0.1, -0.05) is 17.7 Å². The molecular formula is C21H23N3O5. The topological polar surface area (TPSA) is 128 Å². The zero-order valence-electron chi connectivity index (χ0n) is 16.4. The molecule has 0 aromatic heterocycles. The molecule has 0 aliphatic heterocycles. The first kappa shape index (κ1) is 21.6. The second-order valence-corrected chi connectivity index (χ2v) is 6.57. The normalized spacial score (nSPS) is 12.4. The molecule has 0 aliphatic rings. The number of nitrogens with one attached hydrogen (secondary N) is 2. The number of carbonyl (C=O) groups excluding carboxylic acids is 4. The van der Waals surface area contributed by atoms with Gasteiger partial charge in [0.05, 0.1) is 0 Å². The summed E-state index contributed by atoms with van der Waals surface area (Å²) < 4.78 is 5.13. The average molecular weight is 397 g/mol. The Morgan fingerprint density at radius 2 is 1.62 bits per heavy atom. The van der Waals surface area contributed by atoms with Gasteiger partial charge in [-0.3, -0.25) is 14.4 Å². The lowest BCUT2D eigenvalue weighted by Gasteiger charge is -2.17. The molecule has 8 nitrogen and oxygen atoms in total. The molecule has 29 heavy (non-hydrogen) atoms. The van der Waals surface area contributed by atoms with Gasteiger partial charge in [0.25, 0.3) is 11.8 Å². The number of aryl methyl sites for hydroxylation is 1. The van der Waals surface area contributed by atoms with E-state index in [1.165, 1.54) is 38.1 Å². The lowest BCUT2D eigenvalue weighted by atomic mass is 10.1. The van der Waals surface area contributed by atoms with Crippen molar-refractivity contribution in [2.45, 2.75) is 32.9 Å². The highest BCUT2D eigenvalue weighted by molar-refractivity contribution is 5.98. The van der Waals surface area contributed by atoms with Crippen molar-refractivity contribution in [2.24, 2.45) is 5.73 Å². The number of benzene rings is 2. The van der Waals surface area contributed by atoms with Crippen molar-refractivity contribution in [2.75, 3.05) is 5.32 Å². The summed E-state index contributed by atoms with van der Waals surface area (Å²) in [5.74, 6) is -2.28. The van der Waals surface area contributed by atoms with Crippen LogP contribution in [0.5, 0.6) is 0 Å². The number of esters is 1. The van der Waals surface area contributed by atoms with Gasteiger partial charge in [0, 0.05) is 16.8 Å². The maximum Gasteiger partial charge on any atom is 0.329 e. The van der Waals surface area contributed by atoms with E-state index in [1.54, 1.807) is 18.2 Å². The largest absolute Gasteiger partial charge is 0.451 e. The molecule has 0 saturated heterocycles. The van der Waals surface area contributed by atoms with E-state index in [-0.39, 0.29) is 0 Å². The Kier molecular flexibility index (Phi) is 7.08. The zero-order valence-corrected chi connectivity index (χ0v) is 16.4. The van der Waals surface area contributed by atoms with Crippen LogP contribution in [0.4, 0.5) is 5.69 Å².